The highest BCUT2D eigenvalue weighted by molar-refractivity contribution is 9.10. The number of halogens is 1. The SMILES string of the molecule is Cc1cccc(-c2[nH]c(Cc3ccc(Br)cc3)nc2-c2ccc3ncccc3c2)n1.Cc1cccc(-c2[nH]c(Cc3ccccn3)nc2-c2ccc3ncccc3c2)n1. The molecule has 0 aliphatic carbocycles. The molecule has 10 aromatic rings. The van der Waals surface area contributed by atoms with Crippen LogP contribution in [-0.4, -0.2) is 44.9 Å². The van der Waals surface area contributed by atoms with Crippen molar-refractivity contribution in [2.45, 2.75) is 26.7 Å². The maximum Gasteiger partial charge on any atom is 0.113 e. The van der Waals surface area contributed by atoms with E-state index in [9.17, 15) is 0 Å². The summed E-state index contributed by atoms with van der Waals surface area (Å²) < 4.78 is 1.07. The van der Waals surface area contributed by atoms with Gasteiger partial charge in [-0.05, 0) is 104 Å². The smallest absolute Gasteiger partial charge is 0.113 e. The minimum atomic E-state index is 0.634. The Kier molecular flexibility index (Phi) is 10.6. The number of H-pyrrole nitrogens is 2. The number of nitrogens with zero attached hydrogens (tertiary/aromatic N) is 7. The van der Waals surface area contributed by atoms with Gasteiger partial charge in [0, 0.05) is 74.9 Å². The van der Waals surface area contributed by atoms with E-state index in [-0.39, 0.29) is 0 Å². The molecule has 0 unspecified atom stereocenters. The van der Waals surface area contributed by atoms with E-state index < -0.39 is 0 Å². The molecule has 9 nitrogen and oxygen atoms in total. The number of aromatic amines is 2. The highest BCUT2D eigenvalue weighted by Gasteiger charge is 2.18. The number of imidazole rings is 2. The molecule has 3 aromatic carbocycles. The zero-order valence-corrected chi connectivity index (χ0v) is 34.0. The number of hydrogen-bond donors (Lipinski definition) is 2. The average molecular weight is 833 g/mol. The summed E-state index contributed by atoms with van der Waals surface area (Å²) in [6, 6.07) is 46.9. The number of hydrogen-bond acceptors (Lipinski definition) is 7. The van der Waals surface area contributed by atoms with E-state index in [1.54, 1.807) is 6.20 Å². The largest absolute Gasteiger partial charge is 0.340 e. The molecule has 286 valence electrons. The van der Waals surface area contributed by atoms with Crippen molar-refractivity contribution < 1.29 is 0 Å². The number of benzene rings is 3. The molecule has 10 rings (SSSR count). The minimum Gasteiger partial charge on any atom is -0.340 e. The molecule has 10 heteroatoms. The van der Waals surface area contributed by atoms with Crippen LogP contribution in [0.3, 0.4) is 0 Å². The Hall–Kier alpha value is -7.17. The van der Waals surface area contributed by atoms with E-state index in [4.69, 9.17) is 19.9 Å². The van der Waals surface area contributed by atoms with E-state index in [0.717, 1.165) is 107 Å². The summed E-state index contributed by atoms with van der Waals surface area (Å²) in [6.45, 7) is 4.00. The molecular formula is C49H38BrN9. The van der Waals surface area contributed by atoms with Crippen molar-refractivity contribution in [2.24, 2.45) is 0 Å². The highest BCUT2D eigenvalue weighted by Crippen LogP contribution is 2.33. The van der Waals surface area contributed by atoms with Crippen molar-refractivity contribution in [3.05, 3.63) is 197 Å². The van der Waals surface area contributed by atoms with Gasteiger partial charge < -0.3 is 9.97 Å². The van der Waals surface area contributed by atoms with Crippen LogP contribution in [0.15, 0.2) is 163 Å². The van der Waals surface area contributed by atoms with Gasteiger partial charge in [-0.25, -0.2) is 9.97 Å². The summed E-state index contributed by atoms with van der Waals surface area (Å²) in [5, 5.41) is 2.18. The second-order valence-corrected chi connectivity index (χ2v) is 15.2. The van der Waals surface area contributed by atoms with Gasteiger partial charge in [-0.15, -0.1) is 0 Å². The molecule has 0 aliphatic rings. The molecule has 0 amide bonds. The minimum absolute atomic E-state index is 0.634. The highest BCUT2D eigenvalue weighted by atomic mass is 79.9. The lowest BCUT2D eigenvalue weighted by molar-refractivity contribution is 0.977. The van der Waals surface area contributed by atoms with Crippen LogP contribution in [-0.2, 0) is 12.8 Å². The first-order chi connectivity index (χ1) is 28.9. The van der Waals surface area contributed by atoms with Crippen LogP contribution in [0.4, 0.5) is 0 Å². The summed E-state index contributed by atoms with van der Waals surface area (Å²) in [4.78, 5) is 39.7. The first kappa shape index (κ1) is 37.4. The van der Waals surface area contributed by atoms with Gasteiger partial charge in [-0.1, -0.05) is 70.5 Å². The molecule has 2 N–H and O–H groups in total. The summed E-state index contributed by atoms with van der Waals surface area (Å²) in [6.07, 6.45) is 6.78. The summed E-state index contributed by atoms with van der Waals surface area (Å²) in [5.41, 5.74) is 13.6. The van der Waals surface area contributed by atoms with E-state index in [1.165, 1.54) is 5.56 Å². The number of rotatable bonds is 8. The van der Waals surface area contributed by atoms with Gasteiger partial charge in [0.25, 0.3) is 0 Å². The number of aryl methyl sites for hydroxylation is 2. The Morgan fingerprint density at radius 2 is 1.02 bits per heavy atom. The second-order valence-electron chi connectivity index (χ2n) is 14.3. The van der Waals surface area contributed by atoms with Crippen LogP contribution in [0.5, 0.6) is 0 Å². The maximum absolute atomic E-state index is 4.98. The molecule has 0 radical (unpaired) electrons. The molecule has 59 heavy (non-hydrogen) atoms. The third-order valence-corrected chi connectivity index (χ3v) is 10.4. The lowest BCUT2D eigenvalue weighted by Crippen LogP contribution is -1.93. The van der Waals surface area contributed by atoms with E-state index in [2.05, 4.69) is 102 Å². The zero-order valence-electron chi connectivity index (χ0n) is 32.4. The van der Waals surface area contributed by atoms with Crippen LogP contribution >= 0.6 is 15.9 Å². The van der Waals surface area contributed by atoms with Gasteiger partial charge in [-0.3, -0.25) is 24.9 Å². The Balaban J connectivity index is 0.000000152. The monoisotopic (exact) mass is 831 g/mol. The molecule has 0 bridgehead atoms. The zero-order chi connectivity index (χ0) is 40.1. The van der Waals surface area contributed by atoms with Crippen LogP contribution in [0.1, 0.15) is 34.3 Å². The molecule has 7 heterocycles. The number of aromatic nitrogens is 9. The lowest BCUT2D eigenvalue weighted by Gasteiger charge is -2.05. The molecular weight excluding hydrogens is 795 g/mol. The fourth-order valence-corrected chi connectivity index (χ4v) is 7.35. The van der Waals surface area contributed by atoms with Crippen molar-refractivity contribution >= 4 is 37.7 Å². The molecule has 0 atom stereocenters. The fraction of sp³-hybridized carbons (Fsp3) is 0.0816. The van der Waals surface area contributed by atoms with Gasteiger partial charge in [0.05, 0.1) is 45.2 Å². The van der Waals surface area contributed by atoms with E-state index >= 15 is 0 Å². The molecule has 7 aromatic heterocycles. The Bertz CT molecular complexity index is 3050. The Labute approximate surface area is 349 Å². The predicted octanol–water partition coefficient (Wildman–Crippen LogP) is 11.3. The Morgan fingerprint density at radius 1 is 0.475 bits per heavy atom. The third kappa shape index (κ3) is 8.58. The predicted molar refractivity (Wildman–Crippen MR) is 239 cm³/mol. The van der Waals surface area contributed by atoms with Crippen molar-refractivity contribution in [3.8, 4) is 45.3 Å². The molecule has 0 saturated carbocycles. The van der Waals surface area contributed by atoms with E-state index in [1.807, 2.05) is 105 Å². The van der Waals surface area contributed by atoms with E-state index in [0.29, 0.717) is 6.42 Å². The van der Waals surface area contributed by atoms with Crippen LogP contribution < -0.4 is 0 Å². The van der Waals surface area contributed by atoms with Gasteiger partial charge in [0.2, 0.25) is 0 Å². The number of fused-ring (bicyclic) bond motifs is 2. The van der Waals surface area contributed by atoms with Crippen molar-refractivity contribution in [1.82, 2.24) is 44.9 Å². The normalized spacial score (nSPS) is 11.1. The third-order valence-electron chi connectivity index (χ3n) is 9.91. The van der Waals surface area contributed by atoms with Crippen LogP contribution in [0, 0.1) is 13.8 Å². The average Bonchev–Trinajstić information content (AvgIpc) is 3.89. The quantitative estimate of drug-likeness (QED) is 0.156. The maximum atomic E-state index is 4.98. The summed E-state index contributed by atoms with van der Waals surface area (Å²) in [5.74, 6) is 1.78. The topological polar surface area (TPSA) is 122 Å². The first-order valence-corrected chi connectivity index (χ1v) is 20.1. The van der Waals surface area contributed by atoms with Gasteiger partial charge in [0.1, 0.15) is 11.6 Å². The van der Waals surface area contributed by atoms with Crippen molar-refractivity contribution in [1.29, 1.82) is 0 Å². The lowest BCUT2D eigenvalue weighted by atomic mass is 10.1. The first-order valence-electron chi connectivity index (χ1n) is 19.3. The number of nitrogens with one attached hydrogen (secondary N) is 2. The second kappa shape index (κ2) is 16.7. The summed E-state index contributed by atoms with van der Waals surface area (Å²) >= 11 is 3.50. The number of pyridine rings is 5. The standard InChI is InChI=1S/C25H19BrN4.C24H19N5/c1-16-4-2-6-22(28-16)25-24(19-9-12-21-18(15-19)5-3-13-27-21)29-23(30-25)14-17-7-10-20(26)11-8-17;1-16-6-4-9-21(27-16)24-23(18-10-11-20-17(14-18)7-5-13-26-20)28-22(29-24)15-19-8-2-3-12-25-19/h2-13,15H,14H2,1H3,(H,29,30);2-14H,15H2,1H3,(H,28,29). The van der Waals surface area contributed by atoms with Gasteiger partial charge in [-0.2, -0.15) is 0 Å². The molecule has 0 aliphatic heterocycles. The van der Waals surface area contributed by atoms with Crippen LogP contribution in [0.25, 0.3) is 67.1 Å². The molecule has 0 saturated heterocycles. The van der Waals surface area contributed by atoms with Gasteiger partial charge in [0.15, 0.2) is 0 Å². The fourth-order valence-electron chi connectivity index (χ4n) is 7.08. The van der Waals surface area contributed by atoms with Crippen molar-refractivity contribution in [3.63, 3.8) is 0 Å². The summed E-state index contributed by atoms with van der Waals surface area (Å²) in [7, 11) is 0. The van der Waals surface area contributed by atoms with Crippen LogP contribution in [0.2, 0.25) is 0 Å². The molecule has 0 spiro atoms. The molecule has 0 fully saturated rings. The Morgan fingerprint density at radius 3 is 1.54 bits per heavy atom. The van der Waals surface area contributed by atoms with Crippen molar-refractivity contribution in [2.75, 3.05) is 0 Å². The van der Waals surface area contributed by atoms with Gasteiger partial charge >= 0.3 is 0 Å².